The molecule has 1 saturated heterocycles. The Morgan fingerprint density at radius 3 is 2.67 bits per heavy atom. The zero-order valence-electron chi connectivity index (χ0n) is 11.5. The van der Waals surface area contributed by atoms with E-state index in [1.54, 1.807) is 0 Å². The average molecular weight is 343 g/mol. The largest absolute Gasteiger partial charge is 0.342 e. The molecule has 4 rings (SSSR count). The van der Waals surface area contributed by atoms with Crippen LogP contribution in [0.3, 0.4) is 0 Å². The molecule has 0 atom stereocenters. The van der Waals surface area contributed by atoms with Crippen LogP contribution in [0.4, 0.5) is 5.95 Å². The summed E-state index contributed by atoms with van der Waals surface area (Å²) in [7, 11) is 0. The van der Waals surface area contributed by atoms with Crippen LogP contribution in [0.15, 0.2) is 47.1 Å². The van der Waals surface area contributed by atoms with E-state index in [0.717, 1.165) is 41.2 Å². The normalized spacial score (nSPS) is 14.4. The number of hydrogen-bond donors (Lipinski definition) is 0. The zero-order valence-corrected chi connectivity index (χ0v) is 13.1. The Morgan fingerprint density at radius 2 is 1.95 bits per heavy atom. The Balaban J connectivity index is 1.85. The number of pyridine rings is 1. The first-order chi connectivity index (χ1) is 10.3. The molecule has 0 spiro atoms. The lowest BCUT2D eigenvalue weighted by Gasteiger charge is -2.32. The van der Waals surface area contributed by atoms with Gasteiger partial charge < -0.3 is 9.47 Å². The molecule has 1 fully saturated rings. The van der Waals surface area contributed by atoms with Crippen molar-refractivity contribution in [2.45, 2.75) is 13.0 Å². The molecule has 3 heterocycles. The fourth-order valence-corrected chi connectivity index (χ4v) is 2.97. The number of anilines is 1. The first kappa shape index (κ1) is 12.8. The molecule has 2 aromatic heterocycles. The van der Waals surface area contributed by atoms with Gasteiger partial charge in [-0.3, -0.25) is 0 Å². The predicted molar refractivity (Wildman–Crippen MR) is 87.6 cm³/mol. The van der Waals surface area contributed by atoms with Gasteiger partial charge in [-0.25, -0.2) is 4.98 Å². The van der Waals surface area contributed by atoms with E-state index in [1.807, 2.05) is 12.3 Å². The van der Waals surface area contributed by atoms with Gasteiger partial charge in [0.2, 0.25) is 5.95 Å². The van der Waals surface area contributed by atoms with Gasteiger partial charge in [0.15, 0.2) is 5.65 Å². The van der Waals surface area contributed by atoms with Crippen molar-refractivity contribution in [3.63, 3.8) is 0 Å². The van der Waals surface area contributed by atoms with E-state index in [2.05, 4.69) is 60.7 Å². The summed E-state index contributed by atoms with van der Waals surface area (Å²) in [5, 5.41) is 0. The molecule has 4 nitrogen and oxygen atoms in total. The molecule has 0 N–H and O–H groups in total. The molecule has 3 aromatic rings. The second kappa shape index (κ2) is 5.15. The van der Waals surface area contributed by atoms with Gasteiger partial charge in [-0.15, -0.1) is 0 Å². The highest BCUT2D eigenvalue weighted by Gasteiger charge is 2.22. The Morgan fingerprint density at radius 1 is 1.14 bits per heavy atom. The number of hydrogen-bond acceptors (Lipinski definition) is 3. The Bertz CT molecular complexity index is 778. The lowest BCUT2D eigenvalue weighted by atomic mass is 10.2. The van der Waals surface area contributed by atoms with Crippen molar-refractivity contribution in [1.29, 1.82) is 0 Å². The smallest absolute Gasteiger partial charge is 0.208 e. The highest BCUT2D eigenvalue weighted by Crippen LogP contribution is 2.27. The summed E-state index contributed by atoms with van der Waals surface area (Å²) in [5.41, 5.74) is 3.17. The molecule has 1 aliphatic rings. The SMILES string of the molecule is Brc1cnc2nc(N3CCC3)n(Cc3ccccc3)c2c1. The van der Waals surface area contributed by atoms with Gasteiger partial charge in [-0.2, -0.15) is 4.98 Å². The number of benzene rings is 1. The number of halogens is 1. The van der Waals surface area contributed by atoms with Gasteiger partial charge in [0.05, 0.1) is 12.1 Å². The minimum atomic E-state index is 0.816. The zero-order chi connectivity index (χ0) is 14.2. The van der Waals surface area contributed by atoms with E-state index < -0.39 is 0 Å². The van der Waals surface area contributed by atoms with E-state index in [4.69, 9.17) is 4.98 Å². The lowest BCUT2D eigenvalue weighted by Crippen LogP contribution is -2.39. The standard InChI is InChI=1S/C16H15BrN4/c17-13-9-14-15(18-10-13)19-16(20-7-4-8-20)21(14)11-12-5-2-1-3-6-12/h1-3,5-6,9-10H,4,7-8,11H2. The average Bonchev–Trinajstić information content (AvgIpc) is 2.77. The van der Waals surface area contributed by atoms with Crippen molar-refractivity contribution in [3.05, 3.63) is 52.6 Å². The summed E-state index contributed by atoms with van der Waals surface area (Å²) in [6.07, 6.45) is 3.05. The van der Waals surface area contributed by atoms with Crippen molar-refractivity contribution in [2.24, 2.45) is 0 Å². The molecule has 0 saturated carbocycles. The molecule has 0 radical (unpaired) electrons. The maximum Gasteiger partial charge on any atom is 0.208 e. The third-order valence-electron chi connectivity index (χ3n) is 3.87. The highest BCUT2D eigenvalue weighted by molar-refractivity contribution is 9.10. The number of nitrogens with zero attached hydrogens (tertiary/aromatic N) is 4. The van der Waals surface area contributed by atoms with E-state index in [9.17, 15) is 0 Å². The second-order valence-electron chi connectivity index (χ2n) is 5.32. The topological polar surface area (TPSA) is 34.0 Å². The molecule has 21 heavy (non-hydrogen) atoms. The minimum Gasteiger partial charge on any atom is -0.342 e. The first-order valence-electron chi connectivity index (χ1n) is 7.12. The van der Waals surface area contributed by atoms with Crippen LogP contribution in [0.1, 0.15) is 12.0 Å². The lowest BCUT2D eigenvalue weighted by molar-refractivity contribution is 0.585. The summed E-state index contributed by atoms with van der Waals surface area (Å²) in [5.74, 6) is 1.03. The molecule has 1 aliphatic heterocycles. The van der Waals surface area contributed by atoms with Gasteiger partial charge in [0.25, 0.3) is 0 Å². The number of rotatable bonds is 3. The van der Waals surface area contributed by atoms with Crippen LogP contribution in [0.2, 0.25) is 0 Å². The molecule has 5 heteroatoms. The summed E-state index contributed by atoms with van der Waals surface area (Å²) in [6.45, 7) is 2.99. The summed E-state index contributed by atoms with van der Waals surface area (Å²) < 4.78 is 3.25. The van der Waals surface area contributed by atoms with Crippen molar-refractivity contribution in [3.8, 4) is 0 Å². The van der Waals surface area contributed by atoms with Crippen LogP contribution in [-0.2, 0) is 6.54 Å². The molecule has 106 valence electrons. The van der Waals surface area contributed by atoms with Crippen LogP contribution in [0, 0.1) is 0 Å². The molecule has 1 aromatic carbocycles. The van der Waals surface area contributed by atoms with Crippen molar-refractivity contribution in [2.75, 3.05) is 18.0 Å². The van der Waals surface area contributed by atoms with Crippen LogP contribution in [0.5, 0.6) is 0 Å². The molecule has 0 unspecified atom stereocenters. The van der Waals surface area contributed by atoms with Crippen molar-refractivity contribution >= 4 is 33.0 Å². The van der Waals surface area contributed by atoms with Crippen LogP contribution < -0.4 is 4.90 Å². The van der Waals surface area contributed by atoms with Gasteiger partial charge >= 0.3 is 0 Å². The third kappa shape index (κ3) is 2.31. The molecular formula is C16H15BrN4. The van der Waals surface area contributed by atoms with Crippen molar-refractivity contribution in [1.82, 2.24) is 14.5 Å². The van der Waals surface area contributed by atoms with Gasteiger partial charge in [0, 0.05) is 23.8 Å². The van der Waals surface area contributed by atoms with E-state index >= 15 is 0 Å². The van der Waals surface area contributed by atoms with Crippen LogP contribution in [-0.4, -0.2) is 27.6 Å². The second-order valence-corrected chi connectivity index (χ2v) is 6.24. The summed E-state index contributed by atoms with van der Waals surface area (Å²) in [6, 6.07) is 12.6. The number of aromatic nitrogens is 3. The maximum atomic E-state index is 4.73. The van der Waals surface area contributed by atoms with Crippen LogP contribution in [0.25, 0.3) is 11.2 Å². The summed E-state index contributed by atoms with van der Waals surface area (Å²) in [4.78, 5) is 11.5. The van der Waals surface area contributed by atoms with Gasteiger partial charge in [-0.1, -0.05) is 30.3 Å². The van der Waals surface area contributed by atoms with E-state index in [0.29, 0.717) is 0 Å². The third-order valence-corrected chi connectivity index (χ3v) is 4.31. The fraction of sp³-hybridized carbons (Fsp3) is 0.250. The maximum absolute atomic E-state index is 4.73. The fourth-order valence-electron chi connectivity index (χ4n) is 2.65. The Hall–Kier alpha value is -1.88. The van der Waals surface area contributed by atoms with Gasteiger partial charge in [-0.05, 0) is 34.0 Å². The predicted octanol–water partition coefficient (Wildman–Crippen LogP) is 3.45. The Labute approximate surface area is 131 Å². The van der Waals surface area contributed by atoms with E-state index in [1.165, 1.54) is 12.0 Å². The quantitative estimate of drug-likeness (QED) is 0.730. The first-order valence-corrected chi connectivity index (χ1v) is 7.91. The monoisotopic (exact) mass is 342 g/mol. The minimum absolute atomic E-state index is 0.816. The van der Waals surface area contributed by atoms with E-state index in [-0.39, 0.29) is 0 Å². The van der Waals surface area contributed by atoms with Gasteiger partial charge in [0.1, 0.15) is 0 Å². The Kier molecular flexibility index (Phi) is 3.15. The number of imidazole rings is 1. The summed E-state index contributed by atoms with van der Waals surface area (Å²) >= 11 is 3.51. The molecule has 0 aliphatic carbocycles. The molecule has 0 bridgehead atoms. The molecular weight excluding hydrogens is 328 g/mol. The van der Waals surface area contributed by atoms with Crippen LogP contribution >= 0.6 is 15.9 Å². The number of fused-ring (bicyclic) bond motifs is 1. The van der Waals surface area contributed by atoms with Crippen molar-refractivity contribution < 1.29 is 0 Å². The highest BCUT2D eigenvalue weighted by atomic mass is 79.9. The molecule has 0 amide bonds.